The van der Waals surface area contributed by atoms with Crippen LogP contribution in [0.25, 0.3) is 11.0 Å². The summed E-state index contributed by atoms with van der Waals surface area (Å²) in [5.74, 6) is -0.0706. The molecule has 2 N–H and O–H groups in total. The first-order chi connectivity index (χ1) is 10.3. The lowest BCUT2D eigenvalue weighted by Crippen LogP contribution is -2.29. The summed E-state index contributed by atoms with van der Waals surface area (Å²) in [5, 5.41) is 2.90. The maximum absolute atomic E-state index is 12.1. The van der Waals surface area contributed by atoms with Gasteiger partial charge in [-0.15, -0.1) is 0 Å². The molecule has 0 unspecified atom stereocenters. The number of aromatic nitrogens is 2. The van der Waals surface area contributed by atoms with Gasteiger partial charge in [-0.25, -0.2) is 4.98 Å². The van der Waals surface area contributed by atoms with Gasteiger partial charge in [0.1, 0.15) is 0 Å². The molecule has 0 aliphatic heterocycles. The standard InChI is InChI=1S/C16H21N3O2/c20-16(12-6-7-14-15(10-12)19-11-18-14)17-8-9-21-13-4-2-1-3-5-13/h6-7,10-11,13H,1-5,8-9H2,(H,17,20)(H,18,19). The second-order valence-corrected chi connectivity index (χ2v) is 5.52. The molecule has 3 rings (SSSR count). The number of aromatic amines is 1. The second-order valence-electron chi connectivity index (χ2n) is 5.52. The summed E-state index contributed by atoms with van der Waals surface area (Å²) in [6.07, 6.45) is 8.19. The lowest BCUT2D eigenvalue weighted by molar-refractivity contribution is 0.0299. The lowest BCUT2D eigenvalue weighted by Gasteiger charge is -2.21. The van der Waals surface area contributed by atoms with E-state index in [0.29, 0.717) is 24.8 Å². The number of imidazole rings is 1. The molecule has 0 bridgehead atoms. The van der Waals surface area contributed by atoms with Gasteiger partial charge in [0, 0.05) is 12.1 Å². The molecule has 1 heterocycles. The summed E-state index contributed by atoms with van der Waals surface area (Å²) >= 11 is 0. The average molecular weight is 287 g/mol. The van der Waals surface area contributed by atoms with E-state index < -0.39 is 0 Å². The summed E-state index contributed by atoms with van der Waals surface area (Å²) in [6, 6.07) is 5.46. The van der Waals surface area contributed by atoms with Gasteiger partial charge >= 0.3 is 0 Å². The number of carbonyl (C=O) groups excluding carboxylic acids is 1. The summed E-state index contributed by atoms with van der Waals surface area (Å²) < 4.78 is 5.80. The molecule has 0 spiro atoms. The number of ether oxygens (including phenoxy) is 1. The Morgan fingerprint density at radius 1 is 1.33 bits per heavy atom. The van der Waals surface area contributed by atoms with Crippen molar-refractivity contribution in [2.24, 2.45) is 0 Å². The van der Waals surface area contributed by atoms with Crippen LogP contribution >= 0.6 is 0 Å². The van der Waals surface area contributed by atoms with Crippen LogP contribution < -0.4 is 5.32 Å². The van der Waals surface area contributed by atoms with Gasteiger partial charge in [0.05, 0.1) is 30.1 Å². The minimum Gasteiger partial charge on any atom is -0.376 e. The largest absolute Gasteiger partial charge is 0.376 e. The van der Waals surface area contributed by atoms with E-state index in [9.17, 15) is 4.79 Å². The molecule has 1 amide bonds. The Hall–Kier alpha value is -1.88. The third-order valence-electron chi connectivity index (χ3n) is 3.98. The van der Waals surface area contributed by atoms with Crippen molar-refractivity contribution in [1.82, 2.24) is 15.3 Å². The highest BCUT2D eigenvalue weighted by atomic mass is 16.5. The van der Waals surface area contributed by atoms with Crippen LogP contribution in [-0.4, -0.2) is 35.1 Å². The highest BCUT2D eigenvalue weighted by Crippen LogP contribution is 2.19. The molecular weight excluding hydrogens is 266 g/mol. The second kappa shape index (κ2) is 6.72. The number of hydrogen-bond acceptors (Lipinski definition) is 3. The number of benzene rings is 1. The van der Waals surface area contributed by atoms with Gasteiger partial charge in [0.2, 0.25) is 0 Å². The van der Waals surface area contributed by atoms with Crippen molar-refractivity contribution in [2.45, 2.75) is 38.2 Å². The fourth-order valence-corrected chi connectivity index (χ4v) is 2.80. The molecule has 1 saturated carbocycles. The maximum Gasteiger partial charge on any atom is 0.251 e. The first kappa shape index (κ1) is 14.1. The number of amides is 1. The third kappa shape index (κ3) is 3.61. The van der Waals surface area contributed by atoms with Crippen LogP contribution in [0.1, 0.15) is 42.5 Å². The fourth-order valence-electron chi connectivity index (χ4n) is 2.80. The van der Waals surface area contributed by atoms with Crippen molar-refractivity contribution in [3.05, 3.63) is 30.1 Å². The molecule has 1 aliphatic carbocycles. The van der Waals surface area contributed by atoms with Crippen LogP contribution in [0.15, 0.2) is 24.5 Å². The molecule has 21 heavy (non-hydrogen) atoms. The molecule has 5 nitrogen and oxygen atoms in total. The zero-order valence-electron chi connectivity index (χ0n) is 12.1. The van der Waals surface area contributed by atoms with E-state index in [1.807, 2.05) is 12.1 Å². The number of carbonyl (C=O) groups is 1. The van der Waals surface area contributed by atoms with E-state index in [1.54, 1.807) is 12.4 Å². The predicted molar refractivity (Wildman–Crippen MR) is 81.3 cm³/mol. The monoisotopic (exact) mass is 287 g/mol. The van der Waals surface area contributed by atoms with Crippen molar-refractivity contribution < 1.29 is 9.53 Å². The Bertz CT molecular complexity index is 602. The van der Waals surface area contributed by atoms with Crippen molar-refractivity contribution in [2.75, 3.05) is 13.2 Å². The maximum atomic E-state index is 12.1. The third-order valence-corrected chi connectivity index (χ3v) is 3.98. The highest BCUT2D eigenvalue weighted by molar-refractivity contribution is 5.97. The van der Waals surface area contributed by atoms with E-state index in [-0.39, 0.29) is 5.91 Å². The van der Waals surface area contributed by atoms with Gasteiger partial charge in [-0.1, -0.05) is 19.3 Å². The first-order valence-electron chi connectivity index (χ1n) is 7.66. The zero-order valence-corrected chi connectivity index (χ0v) is 12.1. The van der Waals surface area contributed by atoms with Crippen LogP contribution in [0.5, 0.6) is 0 Å². The molecule has 5 heteroatoms. The average Bonchev–Trinajstić information content (AvgIpc) is 3.00. The first-order valence-corrected chi connectivity index (χ1v) is 7.66. The normalized spacial score (nSPS) is 16.2. The Balaban J connectivity index is 1.45. The van der Waals surface area contributed by atoms with Crippen LogP contribution in [0.2, 0.25) is 0 Å². The number of H-pyrrole nitrogens is 1. The Morgan fingerprint density at radius 2 is 2.19 bits per heavy atom. The number of fused-ring (bicyclic) bond motifs is 1. The van der Waals surface area contributed by atoms with Crippen LogP contribution in [0, 0.1) is 0 Å². The summed E-state index contributed by atoms with van der Waals surface area (Å²) in [4.78, 5) is 19.2. The summed E-state index contributed by atoms with van der Waals surface area (Å²) in [5.41, 5.74) is 2.39. The number of nitrogens with one attached hydrogen (secondary N) is 2. The molecule has 112 valence electrons. The van der Waals surface area contributed by atoms with Crippen LogP contribution in [0.4, 0.5) is 0 Å². The Labute approximate surface area is 124 Å². The molecule has 0 saturated heterocycles. The number of rotatable bonds is 5. The molecule has 1 aromatic heterocycles. The van der Waals surface area contributed by atoms with Gasteiger partial charge in [-0.3, -0.25) is 4.79 Å². The quantitative estimate of drug-likeness (QED) is 0.831. The van der Waals surface area contributed by atoms with E-state index in [2.05, 4.69) is 15.3 Å². The zero-order chi connectivity index (χ0) is 14.5. The molecule has 1 aromatic carbocycles. The van der Waals surface area contributed by atoms with Gasteiger partial charge in [0.15, 0.2) is 0 Å². The highest BCUT2D eigenvalue weighted by Gasteiger charge is 2.13. The minimum absolute atomic E-state index is 0.0706. The van der Waals surface area contributed by atoms with Gasteiger partial charge in [-0.2, -0.15) is 0 Å². The lowest BCUT2D eigenvalue weighted by atomic mass is 9.98. The smallest absolute Gasteiger partial charge is 0.251 e. The number of nitrogens with zero attached hydrogens (tertiary/aromatic N) is 1. The summed E-state index contributed by atoms with van der Waals surface area (Å²) in [6.45, 7) is 1.14. The SMILES string of the molecule is O=C(NCCOC1CCCCC1)c1ccc2nc[nH]c2c1. The topological polar surface area (TPSA) is 67.0 Å². The van der Waals surface area contributed by atoms with E-state index in [0.717, 1.165) is 23.9 Å². The van der Waals surface area contributed by atoms with Gasteiger partial charge in [-0.05, 0) is 31.0 Å². The molecule has 1 fully saturated rings. The molecule has 0 radical (unpaired) electrons. The van der Waals surface area contributed by atoms with Crippen LogP contribution in [-0.2, 0) is 4.74 Å². The molecule has 0 atom stereocenters. The minimum atomic E-state index is -0.0706. The van der Waals surface area contributed by atoms with Gasteiger partial charge in [0.25, 0.3) is 5.91 Å². The van der Waals surface area contributed by atoms with Crippen molar-refractivity contribution in [1.29, 1.82) is 0 Å². The Kier molecular flexibility index (Phi) is 4.50. The molecular formula is C16H21N3O2. The Morgan fingerprint density at radius 3 is 3.05 bits per heavy atom. The molecule has 1 aliphatic rings. The van der Waals surface area contributed by atoms with Gasteiger partial charge < -0.3 is 15.0 Å². The van der Waals surface area contributed by atoms with Crippen LogP contribution in [0.3, 0.4) is 0 Å². The van der Waals surface area contributed by atoms with Crippen molar-refractivity contribution in [3.8, 4) is 0 Å². The van der Waals surface area contributed by atoms with E-state index in [4.69, 9.17) is 4.74 Å². The van der Waals surface area contributed by atoms with E-state index in [1.165, 1.54) is 19.3 Å². The fraction of sp³-hybridized carbons (Fsp3) is 0.500. The number of hydrogen-bond donors (Lipinski definition) is 2. The van der Waals surface area contributed by atoms with E-state index >= 15 is 0 Å². The van der Waals surface area contributed by atoms with Crippen molar-refractivity contribution in [3.63, 3.8) is 0 Å². The predicted octanol–water partition coefficient (Wildman–Crippen LogP) is 2.64. The molecule has 2 aromatic rings. The summed E-state index contributed by atoms with van der Waals surface area (Å²) in [7, 11) is 0. The van der Waals surface area contributed by atoms with Crippen molar-refractivity contribution >= 4 is 16.9 Å².